The van der Waals surface area contributed by atoms with Crippen LogP contribution < -0.4 is 5.32 Å². The maximum atomic E-state index is 12.8. The highest BCUT2D eigenvalue weighted by Crippen LogP contribution is 2.38. The number of urea groups is 1. The summed E-state index contributed by atoms with van der Waals surface area (Å²) >= 11 is 11.9. The highest BCUT2D eigenvalue weighted by molar-refractivity contribution is 6.42. The van der Waals surface area contributed by atoms with Gasteiger partial charge in [-0.15, -0.1) is 0 Å². The normalized spacial score (nSPS) is 28.3. The highest BCUT2D eigenvalue weighted by atomic mass is 35.5. The molecule has 3 rings (SSSR count). The lowest BCUT2D eigenvalue weighted by molar-refractivity contribution is -0.134. The Hall–Kier alpha value is -1.26. The Morgan fingerprint density at radius 3 is 2.73 bits per heavy atom. The summed E-state index contributed by atoms with van der Waals surface area (Å²) < 4.78 is 0. The predicted molar refractivity (Wildman–Crippen MR) is 85.9 cm³/mol. The Balaban J connectivity index is 1.84. The van der Waals surface area contributed by atoms with E-state index in [0.29, 0.717) is 10.0 Å². The molecule has 22 heavy (non-hydrogen) atoms. The predicted octanol–water partition coefficient (Wildman–Crippen LogP) is 3.99. The van der Waals surface area contributed by atoms with Crippen molar-refractivity contribution in [2.75, 3.05) is 0 Å². The molecule has 0 aromatic heterocycles. The molecule has 0 radical (unpaired) electrons. The van der Waals surface area contributed by atoms with E-state index in [1.54, 1.807) is 18.2 Å². The van der Waals surface area contributed by atoms with Crippen molar-refractivity contribution < 1.29 is 9.59 Å². The minimum Gasteiger partial charge on any atom is -0.323 e. The molecule has 1 spiro atoms. The highest BCUT2D eigenvalue weighted by Gasteiger charge is 2.54. The number of carbonyl (C=O) groups excluding carboxylic acids is 2. The van der Waals surface area contributed by atoms with Crippen molar-refractivity contribution in [3.63, 3.8) is 0 Å². The standard InChI is InChI=1S/C16H18Cl2N2O2/c1-10-4-2-3-7-16(10)14(21)20(15(22)19-16)9-11-5-6-12(17)13(18)8-11/h5-6,8,10H,2-4,7,9H2,1H3,(H,19,22)/t10-,16+/m0/s1. The first-order chi connectivity index (χ1) is 10.4. The Morgan fingerprint density at radius 1 is 1.27 bits per heavy atom. The van der Waals surface area contributed by atoms with E-state index in [4.69, 9.17) is 23.2 Å². The second-order valence-corrected chi connectivity index (χ2v) is 7.00. The van der Waals surface area contributed by atoms with Crippen molar-refractivity contribution in [3.05, 3.63) is 33.8 Å². The monoisotopic (exact) mass is 340 g/mol. The van der Waals surface area contributed by atoms with Crippen molar-refractivity contribution in [1.29, 1.82) is 0 Å². The summed E-state index contributed by atoms with van der Waals surface area (Å²) in [5.74, 6) is 0.0484. The number of benzene rings is 1. The quantitative estimate of drug-likeness (QED) is 0.827. The minimum absolute atomic E-state index is 0.115. The zero-order chi connectivity index (χ0) is 15.9. The first-order valence-corrected chi connectivity index (χ1v) is 8.27. The number of halogens is 2. The molecule has 1 aliphatic heterocycles. The molecular formula is C16H18Cl2N2O2. The van der Waals surface area contributed by atoms with E-state index in [-0.39, 0.29) is 24.4 Å². The maximum absolute atomic E-state index is 12.8. The van der Waals surface area contributed by atoms with Crippen LogP contribution in [0.5, 0.6) is 0 Å². The third kappa shape index (κ3) is 2.48. The molecule has 1 N–H and O–H groups in total. The smallest absolute Gasteiger partial charge is 0.323 e. The summed E-state index contributed by atoms with van der Waals surface area (Å²) in [6.07, 6.45) is 3.76. The largest absolute Gasteiger partial charge is 0.325 e. The summed E-state index contributed by atoms with van der Waals surface area (Å²) in [4.78, 5) is 26.4. The van der Waals surface area contributed by atoms with Gasteiger partial charge in [0.25, 0.3) is 5.91 Å². The molecule has 1 aromatic carbocycles. The number of amides is 3. The first kappa shape index (κ1) is 15.6. The van der Waals surface area contributed by atoms with Crippen LogP contribution in [0.3, 0.4) is 0 Å². The second-order valence-electron chi connectivity index (χ2n) is 6.19. The first-order valence-electron chi connectivity index (χ1n) is 7.52. The van der Waals surface area contributed by atoms with Crippen LogP contribution in [0, 0.1) is 5.92 Å². The van der Waals surface area contributed by atoms with Crippen LogP contribution in [0.1, 0.15) is 38.2 Å². The van der Waals surface area contributed by atoms with Crippen LogP contribution in [0.15, 0.2) is 18.2 Å². The third-order valence-corrected chi connectivity index (χ3v) is 5.57. The topological polar surface area (TPSA) is 49.4 Å². The van der Waals surface area contributed by atoms with Crippen molar-refractivity contribution >= 4 is 35.1 Å². The number of hydrogen-bond donors (Lipinski definition) is 1. The molecule has 1 saturated carbocycles. The lowest BCUT2D eigenvalue weighted by atomic mass is 9.73. The zero-order valence-electron chi connectivity index (χ0n) is 12.4. The fraction of sp³-hybridized carbons (Fsp3) is 0.500. The lowest BCUT2D eigenvalue weighted by Crippen LogP contribution is -2.53. The molecule has 2 fully saturated rings. The number of imide groups is 1. The van der Waals surface area contributed by atoms with Gasteiger partial charge in [0, 0.05) is 0 Å². The molecular weight excluding hydrogens is 323 g/mol. The number of carbonyl (C=O) groups is 2. The second kappa shape index (κ2) is 5.74. The van der Waals surface area contributed by atoms with Gasteiger partial charge in [-0.3, -0.25) is 9.69 Å². The van der Waals surface area contributed by atoms with Gasteiger partial charge in [0.05, 0.1) is 16.6 Å². The van der Waals surface area contributed by atoms with Crippen LogP contribution >= 0.6 is 23.2 Å². The van der Waals surface area contributed by atoms with E-state index in [9.17, 15) is 9.59 Å². The van der Waals surface area contributed by atoms with Gasteiger partial charge < -0.3 is 5.32 Å². The lowest BCUT2D eigenvalue weighted by Gasteiger charge is -2.36. The van der Waals surface area contributed by atoms with Gasteiger partial charge in [0.15, 0.2) is 0 Å². The van der Waals surface area contributed by atoms with E-state index in [0.717, 1.165) is 31.2 Å². The molecule has 118 valence electrons. The number of nitrogens with zero attached hydrogens (tertiary/aromatic N) is 1. The van der Waals surface area contributed by atoms with Gasteiger partial charge >= 0.3 is 6.03 Å². The fourth-order valence-electron chi connectivity index (χ4n) is 3.46. The average Bonchev–Trinajstić information content (AvgIpc) is 2.71. The third-order valence-electron chi connectivity index (χ3n) is 4.83. The van der Waals surface area contributed by atoms with Crippen molar-refractivity contribution in [3.8, 4) is 0 Å². The van der Waals surface area contributed by atoms with Gasteiger partial charge in [0.2, 0.25) is 0 Å². The van der Waals surface area contributed by atoms with Crippen molar-refractivity contribution in [1.82, 2.24) is 10.2 Å². The molecule has 0 unspecified atom stereocenters. The molecule has 1 aliphatic carbocycles. The van der Waals surface area contributed by atoms with Crippen molar-refractivity contribution in [2.45, 2.75) is 44.7 Å². The summed E-state index contributed by atoms with van der Waals surface area (Å²) in [6.45, 7) is 2.26. The van der Waals surface area contributed by atoms with Gasteiger partial charge in [-0.05, 0) is 36.5 Å². The Labute approximate surface area is 139 Å². The average molecular weight is 341 g/mol. The van der Waals surface area contributed by atoms with E-state index >= 15 is 0 Å². The molecule has 6 heteroatoms. The van der Waals surface area contributed by atoms with E-state index in [1.165, 1.54) is 4.90 Å². The van der Waals surface area contributed by atoms with E-state index in [2.05, 4.69) is 5.32 Å². The van der Waals surface area contributed by atoms with Crippen molar-refractivity contribution in [2.24, 2.45) is 5.92 Å². The van der Waals surface area contributed by atoms with E-state index in [1.807, 2.05) is 6.92 Å². The molecule has 0 bridgehead atoms. The molecule has 1 aromatic rings. The van der Waals surface area contributed by atoms with Gasteiger partial charge in [-0.2, -0.15) is 0 Å². The summed E-state index contributed by atoms with van der Waals surface area (Å²) in [5, 5.41) is 3.82. The minimum atomic E-state index is -0.717. The summed E-state index contributed by atoms with van der Waals surface area (Å²) in [7, 11) is 0. The Bertz CT molecular complexity index is 635. The molecule has 1 saturated heterocycles. The summed E-state index contributed by atoms with van der Waals surface area (Å²) in [5.41, 5.74) is 0.0735. The SMILES string of the molecule is C[C@H]1CCCC[C@@]12NC(=O)N(Cc1ccc(Cl)c(Cl)c1)C2=O. The Kier molecular flexibility index (Phi) is 4.08. The number of hydrogen-bond acceptors (Lipinski definition) is 2. The van der Waals surface area contributed by atoms with Gasteiger partial charge in [-0.25, -0.2) is 4.79 Å². The number of rotatable bonds is 2. The fourth-order valence-corrected chi connectivity index (χ4v) is 3.78. The van der Waals surface area contributed by atoms with Crippen LogP contribution in [-0.2, 0) is 11.3 Å². The molecule has 1 heterocycles. The molecule has 2 atom stereocenters. The number of nitrogens with one attached hydrogen (secondary N) is 1. The van der Waals surface area contributed by atoms with Gasteiger partial charge in [-0.1, -0.05) is 49.0 Å². The molecule has 4 nitrogen and oxygen atoms in total. The molecule has 2 aliphatic rings. The van der Waals surface area contributed by atoms with Crippen LogP contribution in [0.25, 0.3) is 0 Å². The zero-order valence-corrected chi connectivity index (χ0v) is 13.9. The summed E-state index contributed by atoms with van der Waals surface area (Å²) in [6, 6.07) is 4.84. The van der Waals surface area contributed by atoms with E-state index < -0.39 is 5.54 Å². The van der Waals surface area contributed by atoms with Crippen LogP contribution in [-0.4, -0.2) is 22.4 Å². The Morgan fingerprint density at radius 2 is 2.05 bits per heavy atom. The van der Waals surface area contributed by atoms with Crippen LogP contribution in [0.2, 0.25) is 10.0 Å². The maximum Gasteiger partial charge on any atom is 0.325 e. The van der Waals surface area contributed by atoms with Gasteiger partial charge in [0.1, 0.15) is 5.54 Å². The molecule has 3 amide bonds. The van der Waals surface area contributed by atoms with Crippen LogP contribution in [0.4, 0.5) is 4.79 Å².